The van der Waals surface area contributed by atoms with Gasteiger partial charge in [0, 0.05) is 24.9 Å². The molecule has 0 heterocycles. The van der Waals surface area contributed by atoms with Gasteiger partial charge in [0.25, 0.3) is 5.91 Å². The second-order valence-corrected chi connectivity index (χ2v) is 6.77. The Hall–Kier alpha value is -3.81. The first-order chi connectivity index (χ1) is 15.5. The van der Waals surface area contributed by atoms with Crippen molar-refractivity contribution >= 4 is 23.7 Å². The van der Waals surface area contributed by atoms with Gasteiger partial charge in [0.2, 0.25) is 0 Å². The van der Waals surface area contributed by atoms with Gasteiger partial charge in [-0.25, -0.2) is 4.79 Å². The Balaban J connectivity index is 2.12. The molecule has 0 bridgehead atoms. The molecule has 3 N–H and O–H groups in total. The summed E-state index contributed by atoms with van der Waals surface area (Å²) in [6.07, 6.45) is 0.236. The van der Waals surface area contributed by atoms with Crippen LogP contribution in [0.25, 0.3) is 0 Å². The van der Waals surface area contributed by atoms with Crippen LogP contribution in [0.1, 0.15) is 31.7 Å². The molecule has 0 saturated heterocycles. The van der Waals surface area contributed by atoms with Crippen molar-refractivity contribution in [3.8, 4) is 0 Å². The molecule has 0 unspecified atom stereocenters. The van der Waals surface area contributed by atoms with Crippen LogP contribution in [0.4, 0.5) is 10.5 Å². The highest BCUT2D eigenvalue weighted by molar-refractivity contribution is 6.05. The Labute approximate surface area is 188 Å². The van der Waals surface area contributed by atoms with Gasteiger partial charge < -0.3 is 20.1 Å². The summed E-state index contributed by atoms with van der Waals surface area (Å²) in [5.74, 6) is -0.818. The summed E-state index contributed by atoms with van der Waals surface area (Å²) in [4.78, 5) is 37.0. The first-order valence-corrected chi connectivity index (χ1v) is 10.4. The minimum absolute atomic E-state index is 0.0262. The van der Waals surface area contributed by atoms with Gasteiger partial charge in [-0.1, -0.05) is 48.5 Å². The number of carbonyl (C=O) groups excluding carboxylic acids is 3. The molecule has 0 spiro atoms. The second kappa shape index (κ2) is 13.5. The van der Waals surface area contributed by atoms with E-state index >= 15 is 0 Å². The van der Waals surface area contributed by atoms with E-state index in [2.05, 4.69) is 16.0 Å². The Morgan fingerprint density at radius 1 is 0.875 bits per heavy atom. The van der Waals surface area contributed by atoms with E-state index in [0.717, 1.165) is 5.56 Å². The molecule has 32 heavy (non-hydrogen) atoms. The smallest absolute Gasteiger partial charge is 0.412 e. The molecule has 0 aliphatic rings. The van der Waals surface area contributed by atoms with Crippen LogP contribution < -0.4 is 16.0 Å². The van der Waals surface area contributed by atoms with Crippen LogP contribution >= 0.6 is 0 Å². The number of anilines is 1. The van der Waals surface area contributed by atoms with Crippen molar-refractivity contribution in [1.29, 1.82) is 0 Å². The summed E-state index contributed by atoms with van der Waals surface area (Å²) in [7, 11) is 1.65. The van der Waals surface area contributed by atoms with Gasteiger partial charge in [-0.05, 0) is 37.5 Å². The lowest BCUT2D eigenvalue weighted by molar-refractivity contribution is -0.143. The SMILES string of the molecule is CCOC(=O)CCC/C(NC)=C(\NC(=O)OCc1ccccc1)C(=O)Nc1ccccc1. The van der Waals surface area contributed by atoms with Gasteiger partial charge in [0.15, 0.2) is 0 Å². The number of nitrogens with one attached hydrogen (secondary N) is 3. The predicted octanol–water partition coefficient (Wildman–Crippen LogP) is 3.72. The molecule has 0 aromatic heterocycles. The molecule has 2 aromatic carbocycles. The minimum Gasteiger partial charge on any atom is -0.466 e. The first kappa shape index (κ1) is 24.5. The third-order valence-corrected chi connectivity index (χ3v) is 4.42. The standard InChI is InChI=1S/C24H29N3O5/c1-3-31-21(28)16-10-15-20(25-2)22(23(29)26-19-13-8-5-9-14-19)27-24(30)32-17-18-11-6-4-7-12-18/h4-9,11-14,25H,3,10,15-17H2,1-2H3,(H,26,29)(H,27,30)/b22-20+. The minimum atomic E-state index is -0.759. The summed E-state index contributed by atoms with van der Waals surface area (Å²) in [5.41, 5.74) is 1.90. The van der Waals surface area contributed by atoms with Gasteiger partial charge >= 0.3 is 12.1 Å². The zero-order chi connectivity index (χ0) is 23.2. The number of hydrogen-bond donors (Lipinski definition) is 3. The summed E-state index contributed by atoms with van der Waals surface area (Å²) < 4.78 is 10.2. The highest BCUT2D eigenvalue weighted by Gasteiger charge is 2.19. The summed E-state index contributed by atoms with van der Waals surface area (Å²) in [6, 6.07) is 18.1. The molecule has 0 saturated carbocycles. The molecule has 0 atom stereocenters. The number of esters is 1. The third-order valence-electron chi connectivity index (χ3n) is 4.42. The molecule has 2 amide bonds. The first-order valence-electron chi connectivity index (χ1n) is 10.4. The van der Waals surface area contributed by atoms with Crippen molar-refractivity contribution in [2.45, 2.75) is 32.8 Å². The summed E-state index contributed by atoms with van der Waals surface area (Å²) in [5, 5.41) is 8.26. The third kappa shape index (κ3) is 8.51. The zero-order valence-electron chi connectivity index (χ0n) is 18.4. The van der Waals surface area contributed by atoms with Gasteiger partial charge in [-0.15, -0.1) is 0 Å². The van der Waals surface area contributed by atoms with Gasteiger partial charge in [0.1, 0.15) is 12.3 Å². The highest BCUT2D eigenvalue weighted by atomic mass is 16.5. The van der Waals surface area contributed by atoms with Crippen LogP contribution in [0.2, 0.25) is 0 Å². The lowest BCUT2D eigenvalue weighted by Crippen LogP contribution is -2.34. The molecule has 8 heteroatoms. The maximum Gasteiger partial charge on any atom is 0.412 e. The maximum atomic E-state index is 13.0. The average Bonchev–Trinajstić information content (AvgIpc) is 2.81. The number of hydrogen-bond acceptors (Lipinski definition) is 6. The number of para-hydroxylation sites is 1. The molecule has 2 aromatic rings. The summed E-state index contributed by atoms with van der Waals surface area (Å²) in [6.45, 7) is 2.12. The fourth-order valence-corrected chi connectivity index (χ4v) is 2.86. The van der Waals surface area contributed by atoms with Crippen molar-refractivity contribution in [2.24, 2.45) is 0 Å². The topological polar surface area (TPSA) is 106 Å². The van der Waals surface area contributed by atoms with E-state index in [1.807, 2.05) is 36.4 Å². The lowest BCUT2D eigenvalue weighted by atomic mass is 10.1. The fraction of sp³-hybridized carbons (Fsp3) is 0.292. The molecule has 170 valence electrons. The van der Waals surface area contributed by atoms with Crippen molar-refractivity contribution in [2.75, 3.05) is 19.0 Å². The second-order valence-electron chi connectivity index (χ2n) is 6.77. The number of benzene rings is 2. The van der Waals surface area contributed by atoms with Crippen molar-refractivity contribution in [3.63, 3.8) is 0 Å². The average molecular weight is 440 g/mol. The lowest BCUT2D eigenvalue weighted by Gasteiger charge is -2.16. The van der Waals surface area contributed by atoms with E-state index in [9.17, 15) is 14.4 Å². The quantitative estimate of drug-likeness (QED) is 0.364. The van der Waals surface area contributed by atoms with Gasteiger partial charge in [-0.3, -0.25) is 14.9 Å². The van der Waals surface area contributed by atoms with E-state index in [1.54, 1.807) is 38.2 Å². The Kier molecular flexibility index (Phi) is 10.3. The number of alkyl carbamates (subject to hydrolysis) is 1. The van der Waals surface area contributed by atoms with Crippen molar-refractivity contribution < 1.29 is 23.9 Å². The van der Waals surface area contributed by atoms with Gasteiger partial charge in [-0.2, -0.15) is 0 Å². The molecule has 0 radical (unpaired) electrons. The molecular formula is C24H29N3O5. The van der Waals surface area contributed by atoms with Crippen LogP contribution in [0, 0.1) is 0 Å². The van der Waals surface area contributed by atoms with Crippen LogP contribution in [0.3, 0.4) is 0 Å². The number of allylic oxidation sites excluding steroid dienone is 1. The summed E-state index contributed by atoms with van der Waals surface area (Å²) >= 11 is 0. The number of rotatable bonds is 11. The molecule has 0 aliphatic heterocycles. The number of carbonyl (C=O) groups is 3. The van der Waals surface area contributed by atoms with Crippen LogP contribution in [0.15, 0.2) is 72.1 Å². The molecule has 2 rings (SSSR count). The monoisotopic (exact) mass is 439 g/mol. The van der Waals surface area contributed by atoms with Crippen LogP contribution in [0.5, 0.6) is 0 Å². The van der Waals surface area contributed by atoms with Crippen molar-refractivity contribution in [3.05, 3.63) is 77.6 Å². The molecular weight excluding hydrogens is 410 g/mol. The van der Waals surface area contributed by atoms with Gasteiger partial charge in [0.05, 0.1) is 6.61 Å². The maximum absolute atomic E-state index is 13.0. The van der Waals surface area contributed by atoms with Crippen LogP contribution in [-0.2, 0) is 25.7 Å². The molecule has 8 nitrogen and oxygen atoms in total. The Bertz CT molecular complexity index is 914. The van der Waals surface area contributed by atoms with Crippen molar-refractivity contribution in [1.82, 2.24) is 10.6 Å². The predicted molar refractivity (Wildman–Crippen MR) is 121 cm³/mol. The largest absolute Gasteiger partial charge is 0.466 e. The van der Waals surface area contributed by atoms with E-state index in [1.165, 1.54) is 0 Å². The zero-order valence-corrected chi connectivity index (χ0v) is 18.4. The fourth-order valence-electron chi connectivity index (χ4n) is 2.86. The Morgan fingerprint density at radius 2 is 1.53 bits per heavy atom. The van der Waals surface area contributed by atoms with E-state index in [-0.39, 0.29) is 24.7 Å². The Morgan fingerprint density at radius 3 is 2.16 bits per heavy atom. The van der Waals surface area contributed by atoms with E-state index < -0.39 is 12.0 Å². The number of ether oxygens (including phenoxy) is 2. The van der Waals surface area contributed by atoms with E-state index in [4.69, 9.17) is 9.47 Å². The van der Waals surface area contributed by atoms with Crippen LogP contribution in [-0.4, -0.2) is 31.6 Å². The molecule has 0 aliphatic carbocycles. The molecule has 0 fully saturated rings. The normalized spacial score (nSPS) is 11.1. The number of amides is 2. The van der Waals surface area contributed by atoms with E-state index in [0.29, 0.717) is 30.8 Å². The highest BCUT2D eigenvalue weighted by Crippen LogP contribution is 2.13.